The molecule has 0 fully saturated rings. The number of carboxylic acid groups (broad SMARTS) is 1. The first-order chi connectivity index (χ1) is 20.2. The number of hydrogen-bond donors (Lipinski definition) is 1. The largest absolute Gasteiger partial charge is 0.493 e. The van der Waals surface area contributed by atoms with Gasteiger partial charge in [-0.3, -0.25) is 0 Å². The third-order valence-electron chi connectivity index (χ3n) is 5.26. The van der Waals surface area contributed by atoms with Crippen LogP contribution in [0, 0.1) is 11.3 Å². The summed E-state index contributed by atoms with van der Waals surface area (Å²) >= 11 is 0. The summed E-state index contributed by atoms with van der Waals surface area (Å²) in [5, 5.41) is 17.6. The fourth-order valence-corrected chi connectivity index (χ4v) is 3.18. The van der Waals surface area contributed by atoms with Gasteiger partial charge >= 0.3 is 18.3 Å². The average Bonchev–Trinajstić information content (AvgIpc) is 2.97. The first-order valence-electron chi connectivity index (χ1n) is 11.7. The van der Waals surface area contributed by atoms with Gasteiger partial charge < -0.3 is 24.1 Å². The van der Waals surface area contributed by atoms with E-state index >= 15 is 0 Å². The van der Waals surface area contributed by atoms with Crippen molar-refractivity contribution in [2.24, 2.45) is 0 Å². The Morgan fingerprint density at radius 3 is 1.51 bits per heavy atom. The number of benzene rings is 2. The van der Waals surface area contributed by atoms with Crippen LogP contribution in [0.4, 0.5) is 26.3 Å². The number of methoxy groups -OCH3 is 2. The van der Waals surface area contributed by atoms with Gasteiger partial charge in [0.2, 0.25) is 0 Å². The molecule has 15 heteroatoms. The molecule has 4 aromatic rings. The van der Waals surface area contributed by atoms with Crippen molar-refractivity contribution in [3.8, 4) is 40.6 Å². The molecule has 0 aliphatic carbocycles. The van der Waals surface area contributed by atoms with Crippen LogP contribution >= 0.6 is 0 Å². The summed E-state index contributed by atoms with van der Waals surface area (Å²) < 4.78 is 95.5. The van der Waals surface area contributed by atoms with Crippen molar-refractivity contribution in [1.82, 2.24) is 9.97 Å². The maximum atomic E-state index is 12.5. The molecule has 0 saturated heterocycles. The number of aromatic nitrogens is 2. The normalized spacial score (nSPS) is 11.0. The molecule has 0 spiro atoms. The van der Waals surface area contributed by atoms with E-state index in [9.17, 15) is 31.1 Å². The lowest BCUT2D eigenvalue weighted by molar-refractivity contribution is -0.138. The van der Waals surface area contributed by atoms with Crippen LogP contribution in [0.5, 0.6) is 34.5 Å². The van der Waals surface area contributed by atoms with Gasteiger partial charge in [0.1, 0.15) is 23.3 Å². The predicted molar refractivity (Wildman–Crippen MR) is 136 cm³/mol. The molecule has 2 aromatic heterocycles. The number of carboxylic acids is 1. The monoisotopic (exact) mass is 607 g/mol. The Labute approximate surface area is 239 Å². The summed E-state index contributed by atoms with van der Waals surface area (Å²) in [7, 11) is 2.69. The second-order valence-corrected chi connectivity index (χ2v) is 8.11. The Morgan fingerprint density at radius 1 is 0.721 bits per heavy atom. The Bertz CT molecular complexity index is 1600. The minimum Gasteiger partial charge on any atom is -0.493 e. The summed E-state index contributed by atoms with van der Waals surface area (Å²) in [4.78, 5) is 18.3. The van der Waals surface area contributed by atoms with E-state index in [0.717, 1.165) is 48.7 Å². The fourth-order valence-electron chi connectivity index (χ4n) is 3.18. The number of halogens is 6. The SMILES string of the molecule is COc1cc(C#N)ncc1Oc1ccc(C(F)(F)F)cc1.COc1cc(C(=O)O)ncc1Oc1ccc(C(F)(F)F)cc1. The van der Waals surface area contributed by atoms with E-state index in [1.807, 2.05) is 6.07 Å². The van der Waals surface area contributed by atoms with Crippen molar-refractivity contribution in [3.05, 3.63) is 95.6 Å². The van der Waals surface area contributed by atoms with E-state index in [1.165, 1.54) is 38.6 Å². The average molecular weight is 607 g/mol. The van der Waals surface area contributed by atoms with Crippen molar-refractivity contribution >= 4 is 5.97 Å². The van der Waals surface area contributed by atoms with Gasteiger partial charge in [-0.05, 0) is 48.5 Å². The molecule has 2 heterocycles. The Hall–Kier alpha value is -5.52. The molecular formula is C28H19F6N3O6. The smallest absolute Gasteiger partial charge is 0.416 e. The molecule has 2 aromatic carbocycles. The number of aromatic carboxylic acids is 1. The van der Waals surface area contributed by atoms with Crippen molar-refractivity contribution in [2.45, 2.75) is 12.4 Å². The zero-order valence-electron chi connectivity index (χ0n) is 22.0. The van der Waals surface area contributed by atoms with Crippen LogP contribution in [0.1, 0.15) is 27.3 Å². The van der Waals surface area contributed by atoms with Gasteiger partial charge in [-0.1, -0.05) is 0 Å². The van der Waals surface area contributed by atoms with Gasteiger partial charge in [0.05, 0.1) is 37.7 Å². The standard InChI is InChI=1S/C14H9F3N2O2.C14H10F3NO4/c1-20-12-6-10(7-18)19-8-13(12)21-11-4-2-9(3-5-11)14(15,16)17;1-21-11-6-10(13(19)20)18-7-12(11)22-9-4-2-8(3-5-9)14(15,16)17/h2-6,8H,1H3;2-7H,1H3,(H,19,20). The summed E-state index contributed by atoms with van der Waals surface area (Å²) in [5.74, 6) is -0.236. The zero-order valence-corrected chi connectivity index (χ0v) is 22.0. The van der Waals surface area contributed by atoms with E-state index in [0.29, 0.717) is 0 Å². The fraction of sp³-hybridized carbons (Fsp3) is 0.143. The number of nitrogens with zero attached hydrogens (tertiary/aromatic N) is 3. The first-order valence-corrected chi connectivity index (χ1v) is 11.7. The third kappa shape index (κ3) is 8.73. The number of hydrogen-bond acceptors (Lipinski definition) is 8. The molecule has 0 saturated carbocycles. The maximum absolute atomic E-state index is 12.5. The lowest BCUT2D eigenvalue weighted by Crippen LogP contribution is -2.04. The number of ether oxygens (including phenoxy) is 4. The Morgan fingerprint density at radius 2 is 1.14 bits per heavy atom. The van der Waals surface area contributed by atoms with Crippen LogP contribution < -0.4 is 18.9 Å². The maximum Gasteiger partial charge on any atom is 0.416 e. The van der Waals surface area contributed by atoms with E-state index < -0.39 is 29.4 Å². The van der Waals surface area contributed by atoms with Gasteiger partial charge in [-0.2, -0.15) is 31.6 Å². The second kappa shape index (κ2) is 13.4. The minimum absolute atomic E-state index is 0.0901. The molecule has 0 amide bonds. The van der Waals surface area contributed by atoms with E-state index in [2.05, 4.69) is 9.97 Å². The summed E-state index contributed by atoms with van der Waals surface area (Å²) in [6, 6.07) is 12.6. The summed E-state index contributed by atoms with van der Waals surface area (Å²) in [5.41, 5.74) is -1.66. The molecule has 224 valence electrons. The van der Waals surface area contributed by atoms with Crippen molar-refractivity contribution in [2.75, 3.05) is 14.2 Å². The van der Waals surface area contributed by atoms with Gasteiger partial charge in [0.25, 0.3) is 0 Å². The molecule has 0 aliphatic rings. The number of pyridine rings is 2. The highest BCUT2D eigenvalue weighted by atomic mass is 19.4. The van der Waals surface area contributed by atoms with Crippen LogP contribution in [0.3, 0.4) is 0 Å². The van der Waals surface area contributed by atoms with E-state index in [-0.39, 0.29) is 45.9 Å². The molecule has 4 rings (SSSR count). The number of nitriles is 1. The Kier molecular flexibility index (Phi) is 9.99. The quantitative estimate of drug-likeness (QED) is 0.214. The molecule has 9 nitrogen and oxygen atoms in total. The van der Waals surface area contributed by atoms with Crippen LogP contribution in [0.25, 0.3) is 0 Å². The van der Waals surface area contributed by atoms with Crippen LogP contribution in [0.2, 0.25) is 0 Å². The van der Waals surface area contributed by atoms with Crippen LogP contribution in [0.15, 0.2) is 73.1 Å². The topological polar surface area (TPSA) is 124 Å². The molecule has 0 radical (unpaired) electrons. The minimum atomic E-state index is -4.43. The lowest BCUT2D eigenvalue weighted by atomic mass is 10.2. The number of carbonyl (C=O) groups is 1. The number of rotatable bonds is 7. The first kappa shape index (κ1) is 32.0. The molecule has 0 atom stereocenters. The summed E-state index contributed by atoms with van der Waals surface area (Å²) in [6.07, 6.45) is -6.43. The molecular weight excluding hydrogens is 588 g/mol. The Balaban J connectivity index is 0.000000236. The van der Waals surface area contributed by atoms with Crippen molar-refractivity contribution in [3.63, 3.8) is 0 Å². The van der Waals surface area contributed by atoms with Gasteiger partial charge in [-0.25, -0.2) is 14.8 Å². The molecule has 0 aliphatic heterocycles. The molecule has 0 bridgehead atoms. The lowest BCUT2D eigenvalue weighted by Gasteiger charge is -2.11. The van der Waals surface area contributed by atoms with Gasteiger partial charge in [0.15, 0.2) is 28.7 Å². The van der Waals surface area contributed by atoms with Crippen LogP contribution in [-0.2, 0) is 12.4 Å². The van der Waals surface area contributed by atoms with Gasteiger partial charge in [-0.15, -0.1) is 0 Å². The molecule has 1 N–H and O–H groups in total. The molecule has 43 heavy (non-hydrogen) atoms. The predicted octanol–water partition coefficient (Wildman–Crippen LogP) is 7.37. The third-order valence-corrected chi connectivity index (χ3v) is 5.26. The highest BCUT2D eigenvalue weighted by molar-refractivity contribution is 5.86. The van der Waals surface area contributed by atoms with Crippen molar-refractivity contribution < 1.29 is 55.2 Å². The zero-order chi connectivity index (χ0) is 31.8. The van der Waals surface area contributed by atoms with Gasteiger partial charge in [0, 0.05) is 12.1 Å². The highest BCUT2D eigenvalue weighted by Crippen LogP contribution is 2.35. The molecule has 0 unspecified atom stereocenters. The van der Waals surface area contributed by atoms with E-state index in [1.54, 1.807) is 0 Å². The highest BCUT2D eigenvalue weighted by Gasteiger charge is 2.31. The second-order valence-electron chi connectivity index (χ2n) is 8.11. The van der Waals surface area contributed by atoms with Crippen LogP contribution in [-0.4, -0.2) is 35.3 Å². The summed E-state index contributed by atoms with van der Waals surface area (Å²) in [6.45, 7) is 0. The van der Waals surface area contributed by atoms with Crippen molar-refractivity contribution in [1.29, 1.82) is 5.26 Å². The van der Waals surface area contributed by atoms with E-state index in [4.69, 9.17) is 29.3 Å². The number of alkyl halides is 6.